The van der Waals surface area contributed by atoms with Crippen LogP contribution in [0, 0.1) is 17.1 Å². The summed E-state index contributed by atoms with van der Waals surface area (Å²) in [6.45, 7) is 0.723. The lowest BCUT2D eigenvalue weighted by atomic mass is 10.0. The Morgan fingerprint density at radius 2 is 1.68 bits per heavy atom. The number of nitrogens with zero attached hydrogens (tertiary/aromatic N) is 2. The van der Waals surface area contributed by atoms with Gasteiger partial charge >= 0.3 is 0 Å². The van der Waals surface area contributed by atoms with Gasteiger partial charge in [-0.05, 0) is 52.2 Å². The van der Waals surface area contributed by atoms with E-state index in [2.05, 4.69) is 65.4 Å². The predicted octanol–water partition coefficient (Wildman–Crippen LogP) is 7.05. The smallest absolute Gasteiger partial charge is 0.123 e. The van der Waals surface area contributed by atoms with E-state index in [9.17, 15) is 9.65 Å². The molecule has 5 aromatic rings. The fraction of sp³-hybridized carbons (Fsp3) is 0.0357. The molecule has 3 heteroatoms. The van der Waals surface area contributed by atoms with Gasteiger partial charge in [-0.1, -0.05) is 66.7 Å². The van der Waals surface area contributed by atoms with Gasteiger partial charge in [0.25, 0.3) is 0 Å². The zero-order chi connectivity index (χ0) is 21.2. The fourth-order valence-corrected chi connectivity index (χ4v) is 4.05. The molecule has 0 saturated carbocycles. The highest BCUT2D eigenvalue weighted by atomic mass is 19.1. The van der Waals surface area contributed by atoms with E-state index in [1.54, 1.807) is 12.1 Å². The molecule has 0 aliphatic heterocycles. The van der Waals surface area contributed by atoms with E-state index < -0.39 is 0 Å². The summed E-state index contributed by atoms with van der Waals surface area (Å²) >= 11 is 0. The highest BCUT2D eigenvalue weighted by molar-refractivity contribution is 5.98. The fourth-order valence-electron chi connectivity index (χ4n) is 4.05. The Labute approximate surface area is 180 Å². The monoisotopic (exact) mass is 402 g/mol. The second-order valence-electron chi connectivity index (χ2n) is 7.59. The number of para-hydroxylation sites is 1. The van der Waals surface area contributed by atoms with E-state index in [-0.39, 0.29) is 5.82 Å². The number of hydrogen-bond acceptors (Lipinski definition) is 1. The third-order valence-corrected chi connectivity index (χ3v) is 5.54. The second-order valence-corrected chi connectivity index (χ2v) is 7.59. The molecular formula is C28H19FN2. The van der Waals surface area contributed by atoms with Gasteiger partial charge in [0, 0.05) is 29.2 Å². The summed E-state index contributed by atoms with van der Waals surface area (Å²) in [6.07, 6.45) is 3.91. The normalized spacial score (nSPS) is 11.7. The minimum atomic E-state index is -0.350. The van der Waals surface area contributed by atoms with E-state index in [1.165, 1.54) is 28.5 Å². The van der Waals surface area contributed by atoms with Crippen LogP contribution in [0.2, 0.25) is 0 Å². The van der Waals surface area contributed by atoms with Crippen LogP contribution in [-0.4, -0.2) is 4.57 Å². The van der Waals surface area contributed by atoms with E-state index in [0.29, 0.717) is 11.1 Å². The lowest BCUT2D eigenvalue weighted by Crippen LogP contribution is -1.97. The van der Waals surface area contributed by atoms with Crippen molar-refractivity contribution in [2.75, 3.05) is 0 Å². The van der Waals surface area contributed by atoms with Gasteiger partial charge < -0.3 is 4.57 Å². The number of aromatic nitrogens is 1. The Morgan fingerprint density at radius 1 is 0.871 bits per heavy atom. The van der Waals surface area contributed by atoms with Crippen molar-refractivity contribution in [3.63, 3.8) is 0 Å². The van der Waals surface area contributed by atoms with E-state index in [0.717, 1.165) is 23.0 Å². The molecule has 0 aliphatic rings. The van der Waals surface area contributed by atoms with Crippen LogP contribution in [-0.2, 0) is 6.54 Å². The van der Waals surface area contributed by atoms with Crippen molar-refractivity contribution in [2.45, 2.75) is 6.54 Å². The number of benzene rings is 4. The van der Waals surface area contributed by atoms with Gasteiger partial charge in [-0.2, -0.15) is 5.26 Å². The standard InChI is InChI=1S/C28H19FN2/c29-26-9-5-8-23(16-26)24(17-30)15-25-19-31(28-11-4-3-10-27(25)28)18-20-12-13-21-6-1-2-7-22(21)14-20/h1-16,19H,18H2/b24-15-. The van der Waals surface area contributed by atoms with Crippen molar-refractivity contribution >= 4 is 33.3 Å². The van der Waals surface area contributed by atoms with Crippen LogP contribution in [0.4, 0.5) is 4.39 Å². The van der Waals surface area contributed by atoms with Gasteiger partial charge in [-0.3, -0.25) is 0 Å². The Balaban J connectivity index is 1.58. The van der Waals surface area contributed by atoms with E-state index >= 15 is 0 Å². The summed E-state index contributed by atoms with van der Waals surface area (Å²) in [4.78, 5) is 0. The van der Waals surface area contributed by atoms with Crippen molar-refractivity contribution in [1.29, 1.82) is 5.26 Å². The van der Waals surface area contributed by atoms with Crippen LogP contribution in [0.5, 0.6) is 0 Å². The maximum atomic E-state index is 13.7. The lowest BCUT2D eigenvalue weighted by Gasteiger charge is -2.07. The van der Waals surface area contributed by atoms with Gasteiger partial charge in [-0.25, -0.2) is 4.39 Å². The van der Waals surface area contributed by atoms with E-state index in [1.807, 2.05) is 24.3 Å². The summed E-state index contributed by atoms with van der Waals surface area (Å²) < 4.78 is 15.9. The quantitative estimate of drug-likeness (QED) is 0.296. The molecule has 31 heavy (non-hydrogen) atoms. The molecule has 0 fully saturated rings. The van der Waals surface area contributed by atoms with Crippen LogP contribution in [0.3, 0.4) is 0 Å². The van der Waals surface area contributed by atoms with E-state index in [4.69, 9.17) is 0 Å². The van der Waals surface area contributed by atoms with Gasteiger partial charge in [0.15, 0.2) is 0 Å². The third kappa shape index (κ3) is 3.72. The Bertz CT molecular complexity index is 1480. The van der Waals surface area contributed by atoms with Crippen LogP contribution in [0.15, 0.2) is 97.2 Å². The molecule has 148 valence electrons. The predicted molar refractivity (Wildman–Crippen MR) is 125 cm³/mol. The maximum absolute atomic E-state index is 13.7. The molecule has 0 unspecified atom stereocenters. The topological polar surface area (TPSA) is 28.7 Å². The highest BCUT2D eigenvalue weighted by Gasteiger charge is 2.10. The van der Waals surface area contributed by atoms with Gasteiger partial charge in [0.05, 0.1) is 11.6 Å². The zero-order valence-electron chi connectivity index (χ0n) is 16.8. The Morgan fingerprint density at radius 3 is 2.52 bits per heavy atom. The summed E-state index contributed by atoms with van der Waals surface area (Å²) in [5.41, 5.74) is 4.26. The first-order valence-corrected chi connectivity index (χ1v) is 10.1. The molecule has 1 heterocycles. The number of allylic oxidation sites excluding steroid dienone is 1. The average molecular weight is 402 g/mol. The molecule has 1 aromatic heterocycles. The SMILES string of the molecule is N#C/C(=C/c1cn(Cc2ccc3ccccc3c2)c2ccccc12)c1cccc(F)c1. The minimum Gasteiger partial charge on any atom is -0.342 e. The molecule has 0 radical (unpaired) electrons. The number of halogens is 1. The Hall–Kier alpha value is -4.16. The maximum Gasteiger partial charge on any atom is 0.123 e. The summed E-state index contributed by atoms with van der Waals surface area (Å²) in [5.74, 6) is -0.350. The van der Waals surface area contributed by atoms with Crippen molar-refractivity contribution in [1.82, 2.24) is 4.57 Å². The largest absolute Gasteiger partial charge is 0.342 e. The number of hydrogen-bond donors (Lipinski definition) is 0. The highest BCUT2D eigenvalue weighted by Crippen LogP contribution is 2.27. The van der Waals surface area contributed by atoms with Crippen LogP contribution < -0.4 is 0 Å². The van der Waals surface area contributed by atoms with Gasteiger partial charge in [-0.15, -0.1) is 0 Å². The number of nitriles is 1. The van der Waals surface area contributed by atoms with Crippen LogP contribution in [0.25, 0.3) is 33.3 Å². The molecule has 0 bridgehead atoms. The van der Waals surface area contributed by atoms with Crippen molar-refractivity contribution < 1.29 is 4.39 Å². The lowest BCUT2D eigenvalue weighted by molar-refractivity contribution is 0.627. The number of fused-ring (bicyclic) bond motifs is 2. The molecule has 2 nitrogen and oxygen atoms in total. The summed E-state index contributed by atoms with van der Waals surface area (Å²) in [6, 6.07) is 31.4. The minimum absolute atomic E-state index is 0.350. The molecule has 0 spiro atoms. The third-order valence-electron chi connectivity index (χ3n) is 5.54. The van der Waals surface area contributed by atoms with Crippen molar-refractivity contribution in [3.05, 3.63) is 120 Å². The summed E-state index contributed by atoms with van der Waals surface area (Å²) in [5, 5.41) is 13.2. The van der Waals surface area contributed by atoms with Gasteiger partial charge in [0.1, 0.15) is 5.82 Å². The molecule has 0 aliphatic carbocycles. The first-order chi connectivity index (χ1) is 15.2. The molecule has 0 N–H and O–H groups in total. The Kier molecular flexibility index (Phi) is 4.82. The van der Waals surface area contributed by atoms with Gasteiger partial charge in [0.2, 0.25) is 0 Å². The molecule has 0 atom stereocenters. The second kappa shape index (κ2) is 7.93. The van der Waals surface area contributed by atoms with Crippen molar-refractivity contribution in [3.8, 4) is 6.07 Å². The zero-order valence-corrected chi connectivity index (χ0v) is 16.8. The first-order valence-electron chi connectivity index (χ1n) is 10.1. The molecule has 0 amide bonds. The number of rotatable bonds is 4. The molecular weight excluding hydrogens is 383 g/mol. The molecule has 0 saturated heterocycles. The average Bonchev–Trinajstić information content (AvgIpc) is 3.14. The van der Waals surface area contributed by atoms with Crippen LogP contribution in [0.1, 0.15) is 16.7 Å². The summed E-state index contributed by atoms with van der Waals surface area (Å²) in [7, 11) is 0. The first kappa shape index (κ1) is 18.8. The molecule has 5 rings (SSSR count). The van der Waals surface area contributed by atoms with Crippen molar-refractivity contribution in [2.24, 2.45) is 0 Å². The molecule has 4 aromatic carbocycles. The van der Waals surface area contributed by atoms with Crippen LogP contribution >= 0.6 is 0 Å².